The number of benzene rings is 8. The van der Waals surface area contributed by atoms with E-state index in [1.807, 2.05) is 42.5 Å². The van der Waals surface area contributed by atoms with Crippen LogP contribution in [0.25, 0.3) is 0 Å². The van der Waals surface area contributed by atoms with Gasteiger partial charge in [-0.1, -0.05) is 133 Å². The van der Waals surface area contributed by atoms with Crippen molar-refractivity contribution in [2.45, 2.75) is 34.1 Å². The summed E-state index contributed by atoms with van der Waals surface area (Å²) < 4.78 is 36.2. The fourth-order valence-electron chi connectivity index (χ4n) is 10.7. The molecule has 1 spiro atoms. The summed E-state index contributed by atoms with van der Waals surface area (Å²) in [5, 5.41) is 0. The van der Waals surface area contributed by atoms with E-state index in [4.69, 9.17) is 4.74 Å². The average Bonchev–Trinajstić information content (AvgIpc) is 3.27. The van der Waals surface area contributed by atoms with Crippen molar-refractivity contribution in [3.8, 4) is 11.5 Å². The van der Waals surface area contributed by atoms with Crippen molar-refractivity contribution in [2.24, 2.45) is 0 Å². The maximum absolute atomic E-state index is 14.7. The Labute approximate surface area is 342 Å². The van der Waals surface area contributed by atoms with Gasteiger partial charge in [-0.25, -0.2) is 8.42 Å². The third-order valence-corrected chi connectivity index (χ3v) is 14.9. The molecule has 3 aliphatic heterocycles. The van der Waals surface area contributed by atoms with Crippen LogP contribution in [-0.2, 0) is 27.2 Å². The van der Waals surface area contributed by atoms with Gasteiger partial charge in [-0.2, -0.15) is 0 Å². The molecular formula is C53H35NO4S. The minimum atomic E-state index is -4.10. The molecule has 0 bridgehead atoms. The van der Waals surface area contributed by atoms with Gasteiger partial charge in [0.05, 0.1) is 15.2 Å². The number of nitrogens with zero attached hydrogens (tertiary/aromatic N) is 1. The Bertz CT molecular complexity index is 3160. The number of carbonyl (C=O) groups is 1. The fourth-order valence-corrected chi connectivity index (χ4v) is 12.4. The van der Waals surface area contributed by atoms with Gasteiger partial charge in [0.25, 0.3) is 0 Å². The van der Waals surface area contributed by atoms with E-state index in [0.29, 0.717) is 17.1 Å². The first-order valence-corrected chi connectivity index (χ1v) is 21.4. The third-order valence-electron chi connectivity index (χ3n) is 13.0. The van der Waals surface area contributed by atoms with Gasteiger partial charge in [0.2, 0.25) is 9.84 Å². The van der Waals surface area contributed by atoms with Gasteiger partial charge in [-0.3, -0.25) is 4.79 Å². The molecule has 0 atom stereocenters. The summed E-state index contributed by atoms with van der Waals surface area (Å²) in [4.78, 5) is 16.6. The number of ketones is 1. The molecule has 0 radical (unpaired) electrons. The smallest absolute Gasteiger partial charge is 0.208 e. The SMILES string of the molecule is Cc1ccc2c(c1)N(C1(c3ccc4c(c3)S(=O)(=O)c3ccccc3C4=O)c3ccccc3Oc3ccccc31)c1ccccc1C21c2ccccc2Cc2ccccc21. The van der Waals surface area contributed by atoms with Crippen LogP contribution in [0.15, 0.2) is 192 Å². The van der Waals surface area contributed by atoms with Crippen LogP contribution in [0.1, 0.15) is 71.6 Å². The van der Waals surface area contributed by atoms with Gasteiger partial charge in [-0.15, -0.1) is 0 Å². The van der Waals surface area contributed by atoms with E-state index in [1.165, 1.54) is 28.3 Å². The maximum Gasteiger partial charge on any atom is 0.208 e. The van der Waals surface area contributed by atoms with Crippen molar-refractivity contribution in [3.05, 3.63) is 249 Å². The Morgan fingerprint density at radius 3 is 1.75 bits per heavy atom. The van der Waals surface area contributed by atoms with Crippen LogP contribution in [0.4, 0.5) is 11.4 Å². The van der Waals surface area contributed by atoms with Crippen LogP contribution in [-0.4, -0.2) is 14.2 Å². The lowest BCUT2D eigenvalue weighted by Gasteiger charge is -2.56. The van der Waals surface area contributed by atoms with Crippen molar-refractivity contribution in [1.29, 1.82) is 0 Å². The van der Waals surface area contributed by atoms with Gasteiger partial charge < -0.3 is 9.64 Å². The number of hydrogen-bond donors (Lipinski definition) is 0. The first-order chi connectivity index (χ1) is 28.8. The standard InChI is InChI=1S/C53H35NO4S/c1-33-26-29-42-46(30-33)54(45-22-10-7-19-41(45)52(42)39-17-5-2-14-34(39)31-35-15-3-6-18-40(35)52)53(43-20-8-11-23-47(43)58-48-24-12-9-21-44(48)53)36-27-28-38-50(32-36)59(56,57)49-25-13-4-16-37(49)51(38)55/h2-30,32H,31H2,1H3. The molecule has 0 N–H and O–H groups in total. The second-order valence-corrected chi connectivity index (χ2v) is 17.8. The molecule has 0 saturated carbocycles. The summed E-state index contributed by atoms with van der Waals surface area (Å²) >= 11 is 0. The molecule has 0 unspecified atom stereocenters. The Hall–Kier alpha value is -7.02. The number of rotatable bonds is 2. The third kappa shape index (κ3) is 4.28. The normalized spacial score (nSPS) is 16.5. The lowest BCUT2D eigenvalue weighted by molar-refractivity contribution is 0.103. The zero-order chi connectivity index (χ0) is 39.7. The molecule has 8 aromatic carbocycles. The number of aryl methyl sites for hydroxylation is 1. The van der Waals surface area contributed by atoms with Crippen molar-refractivity contribution in [2.75, 3.05) is 4.90 Å². The highest BCUT2D eigenvalue weighted by Crippen LogP contribution is 2.65. The Morgan fingerprint density at radius 1 is 0.508 bits per heavy atom. The molecule has 59 heavy (non-hydrogen) atoms. The quantitative estimate of drug-likeness (QED) is 0.175. The Kier molecular flexibility index (Phi) is 6.93. The number of hydrogen-bond acceptors (Lipinski definition) is 5. The summed E-state index contributed by atoms with van der Waals surface area (Å²) in [7, 11) is -4.10. The highest BCUT2D eigenvalue weighted by molar-refractivity contribution is 7.91. The molecule has 0 saturated heterocycles. The number of para-hydroxylation sites is 3. The number of fused-ring (bicyclic) bond motifs is 12. The molecule has 6 heteroatoms. The summed E-state index contributed by atoms with van der Waals surface area (Å²) in [6.45, 7) is 2.13. The Balaban J connectivity index is 1.26. The summed E-state index contributed by atoms with van der Waals surface area (Å²) in [5.74, 6) is 1.02. The molecule has 8 aromatic rings. The number of anilines is 2. The van der Waals surface area contributed by atoms with Crippen molar-refractivity contribution < 1.29 is 17.9 Å². The van der Waals surface area contributed by atoms with Crippen LogP contribution in [0.5, 0.6) is 11.5 Å². The predicted molar refractivity (Wildman–Crippen MR) is 229 cm³/mol. The zero-order valence-corrected chi connectivity index (χ0v) is 32.8. The molecule has 12 rings (SSSR count). The van der Waals surface area contributed by atoms with Crippen molar-refractivity contribution in [3.63, 3.8) is 0 Å². The average molecular weight is 782 g/mol. The summed E-state index contributed by atoms with van der Waals surface area (Å²) in [6.07, 6.45) is 0.828. The van der Waals surface area contributed by atoms with Crippen LogP contribution < -0.4 is 9.64 Å². The maximum atomic E-state index is 14.7. The lowest BCUT2D eigenvalue weighted by Crippen LogP contribution is -2.52. The first kappa shape index (κ1) is 34.1. The molecule has 282 valence electrons. The van der Waals surface area contributed by atoms with Crippen LogP contribution in [0.3, 0.4) is 0 Å². The fraction of sp³-hybridized carbons (Fsp3) is 0.0755. The van der Waals surface area contributed by atoms with Gasteiger partial charge in [0.15, 0.2) is 5.78 Å². The molecule has 0 fully saturated rings. The molecule has 4 aliphatic rings. The van der Waals surface area contributed by atoms with Crippen LogP contribution in [0, 0.1) is 6.92 Å². The largest absolute Gasteiger partial charge is 0.457 e. The van der Waals surface area contributed by atoms with Gasteiger partial charge in [0, 0.05) is 33.6 Å². The first-order valence-electron chi connectivity index (χ1n) is 19.9. The second-order valence-electron chi connectivity index (χ2n) is 16.0. The number of ether oxygens (including phenoxy) is 1. The van der Waals surface area contributed by atoms with E-state index >= 15 is 0 Å². The van der Waals surface area contributed by atoms with E-state index in [0.717, 1.165) is 45.6 Å². The van der Waals surface area contributed by atoms with Gasteiger partial charge in [-0.05, 0) is 106 Å². The zero-order valence-electron chi connectivity index (χ0n) is 32.0. The highest BCUT2D eigenvalue weighted by Gasteiger charge is 2.57. The summed E-state index contributed by atoms with van der Waals surface area (Å²) in [6, 6.07) is 61.2. The van der Waals surface area contributed by atoms with E-state index in [9.17, 15) is 13.2 Å². The lowest BCUT2D eigenvalue weighted by atomic mass is 9.57. The molecule has 0 amide bonds. The van der Waals surface area contributed by atoms with Crippen molar-refractivity contribution in [1.82, 2.24) is 0 Å². The van der Waals surface area contributed by atoms with Gasteiger partial charge >= 0.3 is 0 Å². The second kappa shape index (κ2) is 12.0. The predicted octanol–water partition coefficient (Wildman–Crippen LogP) is 11.2. The topological polar surface area (TPSA) is 63.7 Å². The number of carbonyl (C=O) groups excluding carboxylic acids is 1. The van der Waals surface area contributed by atoms with Crippen LogP contribution in [0.2, 0.25) is 0 Å². The van der Waals surface area contributed by atoms with Gasteiger partial charge in [0.1, 0.15) is 17.0 Å². The molecule has 5 nitrogen and oxygen atoms in total. The number of sulfone groups is 1. The highest BCUT2D eigenvalue weighted by atomic mass is 32.2. The molecule has 3 heterocycles. The summed E-state index contributed by atoms with van der Waals surface area (Å²) in [5.41, 5.74) is 11.2. The van der Waals surface area contributed by atoms with E-state index in [2.05, 4.69) is 115 Å². The van der Waals surface area contributed by atoms with E-state index in [-0.39, 0.29) is 26.7 Å². The van der Waals surface area contributed by atoms with Crippen LogP contribution >= 0.6 is 0 Å². The monoisotopic (exact) mass is 781 g/mol. The Morgan fingerprint density at radius 2 is 1.05 bits per heavy atom. The molecule has 1 aliphatic carbocycles. The minimum absolute atomic E-state index is 0.000829. The van der Waals surface area contributed by atoms with E-state index < -0.39 is 20.8 Å². The van der Waals surface area contributed by atoms with Crippen molar-refractivity contribution >= 4 is 27.0 Å². The molecular weight excluding hydrogens is 747 g/mol. The van der Waals surface area contributed by atoms with E-state index in [1.54, 1.807) is 30.3 Å². The molecule has 0 aromatic heterocycles. The minimum Gasteiger partial charge on any atom is -0.457 e.